The van der Waals surface area contributed by atoms with Gasteiger partial charge >= 0.3 is 6.61 Å². The molecule has 2 N–H and O–H groups in total. The van der Waals surface area contributed by atoms with E-state index in [0.717, 1.165) is 0 Å². The van der Waals surface area contributed by atoms with Crippen LogP contribution in [0.3, 0.4) is 0 Å². The Hall–Kier alpha value is -3.54. The molecule has 1 aliphatic heterocycles. The third-order valence-corrected chi connectivity index (χ3v) is 7.09. The van der Waals surface area contributed by atoms with E-state index in [1.54, 1.807) is 28.8 Å². The number of para-hydroxylation sites is 1. The summed E-state index contributed by atoms with van der Waals surface area (Å²) in [5.41, 5.74) is 1.07. The maximum Gasteiger partial charge on any atom is 0.387 e. The van der Waals surface area contributed by atoms with Gasteiger partial charge in [-0.2, -0.15) is 8.78 Å². The first-order chi connectivity index (χ1) is 17.8. The van der Waals surface area contributed by atoms with E-state index in [-0.39, 0.29) is 29.2 Å². The van der Waals surface area contributed by atoms with Crippen LogP contribution >= 0.6 is 0 Å². The van der Waals surface area contributed by atoms with E-state index in [1.165, 1.54) is 24.5 Å². The van der Waals surface area contributed by atoms with Gasteiger partial charge < -0.3 is 24.1 Å². The monoisotopic (exact) mass is 512 g/mol. The Morgan fingerprint density at radius 3 is 2.59 bits per heavy atom. The molecule has 11 heteroatoms. The van der Waals surface area contributed by atoms with Crippen LogP contribution in [0.1, 0.15) is 54.1 Å². The van der Waals surface area contributed by atoms with Crippen LogP contribution in [0.5, 0.6) is 5.75 Å². The fourth-order valence-corrected chi connectivity index (χ4v) is 5.24. The van der Waals surface area contributed by atoms with Gasteiger partial charge in [-0.3, -0.25) is 0 Å². The Bertz CT molecular complexity index is 1450. The van der Waals surface area contributed by atoms with Crippen LogP contribution in [0.25, 0.3) is 16.8 Å². The second-order valence-corrected chi connectivity index (χ2v) is 9.31. The van der Waals surface area contributed by atoms with Gasteiger partial charge in [0.25, 0.3) is 0 Å². The molecule has 1 aliphatic carbocycles. The van der Waals surface area contributed by atoms with E-state index in [0.29, 0.717) is 48.6 Å². The number of nitrogens with zero attached hydrogens (tertiary/aromatic N) is 4. The molecule has 37 heavy (non-hydrogen) atoms. The zero-order valence-corrected chi connectivity index (χ0v) is 19.5. The number of halogens is 3. The minimum Gasteiger partial charge on any atom is -0.435 e. The van der Waals surface area contributed by atoms with Gasteiger partial charge in [-0.15, -0.1) is 0 Å². The minimum absolute atomic E-state index is 0.00914. The molecular weight excluding hydrogens is 489 g/mol. The van der Waals surface area contributed by atoms with Gasteiger partial charge in [0.15, 0.2) is 5.82 Å². The summed E-state index contributed by atoms with van der Waals surface area (Å²) in [6.07, 6.45) is 4.46. The van der Waals surface area contributed by atoms with Gasteiger partial charge in [0.1, 0.15) is 22.8 Å². The Morgan fingerprint density at radius 2 is 1.86 bits per heavy atom. The van der Waals surface area contributed by atoms with Crippen LogP contribution in [-0.2, 0) is 10.3 Å². The zero-order chi connectivity index (χ0) is 25.7. The van der Waals surface area contributed by atoms with Crippen molar-refractivity contribution in [2.24, 2.45) is 0 Å². The first-order valence-electron chi connectivity index (χ1n) is 11.9. The molecule has 1 saturated heterocycles. The van der Waals surface area contributed by atoms with Gasteiger partial charge in [-0.25, -0.2) is 19.3 Å². The van der Waals surface area contributed by atoms with Crippen molar-refractivity contribution in [1.29, 1.82) is 0 Å². The average Bonchev–Trinajstić information content (AvgIpc) is 3.41. The molecule has 0 amide bonds. The summed E-state index contributed by atoms with van der Waals surface area (Å²) in [5, 5.41) is 21.6. The number of aliphatic hydroxyl groups is 2. The van der Waals surface area contributed by atoms with E-state index in [1.807, 2.05) is 0 Å². The third kappa shape index (κ3) is 4.12. The lowest BCUT2D eigenvalue weighted by molar-refractivity contribution is -0.0733. The molecule has 1 fully saturated rings. The summed E-state index contributed by atoms with van der Waals surface area (Å²) in [6, 6.07) is 7.67. The van der Waals surface area contributed by atoms with Crippen molar-refractivity contribution in [1.82, 2.24) is 19.4 Å². The van der Waals surface area contributed by atoms with Crippen LogP contribution in [-0.4, -0.2) is 49.4 Å². The normalized spacial score (nSPS) is 20.9. The molecule has 192 valence electrons. The van der Waals surface area contributed by atoms with E-state index < -0.39 is 30.1 Å². The van der Waals surface area contributed by atoms with Crippen LogP contribution in [0.4, 0.5) is 13.2 Å². The number of rotatable bonds is 5. The molecule has 6 rings (SSSR count). The summed E-state index contributed by atoms with van der Waals surface area (Å²) in [7, 11) is 0. The Kier molecular flexibility index (Phi) is 5.85. The van der Waals surface area contributed by atoms with E-state index in [4.69, 9.17) is 9.47 Å². The van der Waals surface area contributed by atoms with Crippen molar-refractivity contribution in [3.63, 3.8) is 0 Å². The van der Waals surface area contributed by atoms with Crippen LogP contribution in [0.15, 0.2) is 48.9 Å². The predicted octanol–water partition coefficient (Wildman–Crippen LogP) is 4.10. The molecular formula is C26H23F3N4O4. The number of aliphatic hydroxyl groups excluding tert-OH is 1. The molecule has 0 saturated carbocycles. The number of alkyl halides is 2. The van der Waals surface area contributed by atoms with E-state index in [2.05, 4.69) is 15.0 Å². The largest absolute Gasteiger partial charge is 0.435 e. The molecule has 4 aromatic rings. The number of imidazole rings is 1. The third-order valence-electron chi connectivity index (χ3n) is 7.09. The molecule has 2 unspecified atom stereocenters. The van der Waals surface area contributed by atoms with Crippen molar-refractivity contribution in [2.75, 3.05) is 13.2 Å². The summed E-state index contributed by atoms with van der Waals surface area (Å²) < 4.78 is 53.0. The van der Waals surface area contributed by atoms with Crippen molar-refractivity contribution in [3.8, 4) is 16.9 Å². The topological polar surface area (TPSA) is 102 Å². The van der Waals surface area contributed by atoms with Crippen LogP contribution in [0, 0.1) is 5.82 Å². The molecule has 0 radical (unpaired) electrons. The second kappa shape index (κ2) is 9.09. The fraction of sp³-hybridized carbons (Fsp3) is 0.346. The lowest BCUT2D eigenvalue weighted by Crippen LogP contribution is -2.35. The van der Waals surface area contributed by atoms with E-state index >= 15 is 4.39 Å². The van der Waals surface area contributed by atoms with Gasteiger partial charge in [0.05, 0.1) is 17.5 Å². The maximum absolute atomic E-state index is 15.2. The van der Waals surface area contributed by atoms with Gasteiger partial charge in [0, 0.05) is 73.3 Å². The zero-order valence-electron chi connectivity index (χ0n) is 19.5. The number of aromatic nitrogens is 4. The standard InChI is InChI=1S/C26H23F3N4O4/c27-18-10-21-32-22-19(34)9-16(15-3-1-2-4-20(15)37-25(28)29)23(22)33(21)13-17(18)14-11-30-24(31-12-14)26(35)5-7-36-8-6-26/h1-4,10-13,16,19,25,34-35H,5-9H2. The molecule has 8 nitrogen and oxygen atoms in total. The molecule has 2 atom stereocenters. The van der Waals surface area contributed by atoms with Gasteiger partial charge in [0.2, 0.25) is 0 Å². The fourth-order valence-electron chi connectivity index (χ4n) is 5.24. The van der Waals surface area contributed by atoms with Crippen LogP contribution < -0.4 is 4.74 Å². The lowest BCUT2D eigenvalue weighted by Gasteiger charge is -2.30. The quantitative estimate of drug-likeness (QED) is 0.415. The number of benzene rings is 1. The smallest absolute Gasteiger partial charge is 0.387 e. The van der Waals surface area contributed by atoms with Crippen molar-refractivity contribution >= 4 is 5.65 Å². The van der Waals surface area contributed by atoms with E-state index in [9.17, 15) is 19.0 Å². The second-order valence-electron chi connectivity index (χ2n) is 9.31. The highest BCUT2D eigenvalue weighted by atomic mass is 19.3. The highest BCUT2D eigenvalue weighted by Gasteiger charge is 2.38. The highest BCUT2D eigenvalue weighted by molar-refractivity contribution is 5.65. The predicted molar refractivity (Wildman–Crippen MR) is 125 cm³/mol. The summed E-state index contributed by atoms with van der Waals surface area (Å²) >= 11 is 0. The molecule has 0 bridgehead atoms. The highest BCUT2D eigenvalue weighted by Crippen LogP contribution is 2.47. The number of hydrogen-bond acceptors (Lipinski definition) is 7. The average molecular weight is 512 g/mol. The first kappa shape index (κ1) is 23.8. The Morgan fingerprint density at radius 1 is 1.14 bits per heavy atom. The minimum atomic E-state index is -3.00. The Labute approximate surface area is 209 Å². The number of fused-ring (bicyclic) bond motifs is 3. The summed E-state index contributed by atoms with van der Waals surface area (Å²) in [5.74, 6) is -0.808. The summed E-state index contributed by atoms with van der Waals surface area (Å²) in [4.78, 5) is 13.0. The molecule has 2 aliphatic rings. The first-order valence-corrected chi connectivity index (χ1v) is 11.9. The van der Waals surface area contributed by atoms with Crippen molar-refractivity contribution < 1.29 is 32.9 Å². The SMILES string of the molecule is OC1CC(c2ccccc2OC(F)F)c2c1nc1cc(F)c(-c3cnc(C4(O)CCOCC4)nc3)cn21. The summed E-state index contributed by atoms with van der Waals surface area (Å²) in [6.45, 7) is -2.20. The van der Waals surface area contributed by atoms with Crippen molar-refractivity contribution in [3.05, 3.63) is 77.5 Å². The molecule has 3 aromatic heterocycles. The van der Waals surface area contributed by atoms with Crippen LogP contribution in [0.2, 0.25) is 0 Å². The van der Waals surface area contributed by atoms with Gasteiger partial charge in [-0.05, 0) is 12.5 Å². The Balaban J connectivity index is 1.42. The number of pyridine rings is 1. The number of ether oxygens (including phenoxy) is 2. The van der Waals surface area contributed by atoms with Gasteiger partial charge in [-0.1, -0.05) is 18.2 Å². The number of hydrogen-bond donors (Lipinski definition) is 2. The molecule has 0 spiro atoms. The molecule has 4 heterocycles. The maximum atomic E-state index is 15.2. The lowest BCUT2D eigenvalue weighted by atomic mass is 9.93. The van der Waals surface area contributed by atoms with Crippen molar-refractivity contribution in [2.45, 2.75) is 43.5 Å². The molecule has 1 aromatic carbocycles.